The number of anilines is 1. The second kappa shape index (κ2) is 7.15. The van der Waals surface area contributed by atoms with Crippen molar-refractivity contribution in [1.82, 2.24) is 20.2 Å². The van der Waals surface area contributed by atoms with E-state index in [1.54, 1.807) is 4.68 Å². The lowest BCUT2D eigenvalue weighted by Gasteiger charge is -2.22. The number of hydrogen-bond acceptors (Lipinski definition) is 5. The van der Waals surface area contributed by atoms with Crippen LogP contribution in [0.1, 0.15) is 23.6 Å². The number of thioether (sulfide) groups is 1. The number of para-hydroxylation sites is 1. The number of rotatable bonds is 4. The molecule has 0 radical (unpaired) electrons. The van der Waals surface area contributed by atoms with Gasteiger partial charge in [-0.3, -0.25) is 4.79 Å². The van der Waals surface area contributed by atoms with Crippen LogP contribution in [-0.2, 0) is 11.2 Å². The van der Waals surface area contributed by atoms with E-state index < -0.39 is 0 Å². The number of fused-ring (bicyclic) bond motifs is 1. The molecule has 138 valence electrons. The Morgan fingerprint density at radius 2 is 1.93 bits per heavy atom. The molecule has 0 aliphatic carbocycles. The van der Waals surface area contributed by atoms with Gasteiger partial charge >= 0.3 is 0 Å². The first-order valence-corrected chi connectivity index (χ1v) is 9.92. The summed E-state index contributed by atoms with van der Waals surface area (Å²) in [5, 5.41) is 12.7. The average Bonchev–Trinajstić information content (AvgIpc) is 3.25. The standard InChI is InChI=1S/C20H21N5OS/c1-13-7-6-10-17(15(13)3)25-20(21-22-23-25)27-12-19(26)24-14(2)11-16-8-4-5-9-18(16)24/h4-10,14H,11-12H2,1-3H3/t14-/m0/s1. The summed E-state index contributed by atoms with van der Waals surface area (Å²) >= 11 is 1.37. The normalized spacial score (nSPS) is 15.8. The predicted octanol–water partition coefficient (Wildman–Crippen LogP) is 3.35. The van der Waals surface area contributed by atoms with Crippen LogP contribution in [0.4, 0.5) is 5.69 Å². The summed E-state index contributed by atoms with van der Waals surface area (Å²) < 4.78 is 1.71. The number of amides is 1. The quantitative estimate of drug-likeness (QED) is 0.651. The molecule has 0 saturated heterocycles. The first-order valence-electron chi connectivity index (χ1n) is 8.94. The first-order chi connectivity index (χ1) is 13.1. The van der Waals surface area contributed by atoms with Crippen molar-refractivity contribution >= 4 is 23.4 Å². The molecule has 2 heterocycles. The van der Waals surface area contributed by atoms with Crippen LogP contribution >= 0.6 is 11.8 Å². The average molecular weight is 379 g/mol. The fourth-order valence-electron chi connectivity index (χ4n) is 3.53. The van der Waals surface area contributed by atoms with E-state index in [-0.39, 0.29) is 11.9 Å². The van der Waals surface area contributed by atoms with Gasteiger partial charge in [-0.25, -0.2) is 0 Å². The first kappa shape index (κ1) is 17.7. The van der Waals surface area contributed by atoms with E-state index in [0.717, 1.165) is 23.4 Å². The van der Waals surface area contributed by atoms with Crippen molar-refractivity contribution in [3.05, 3.63) is 59.2 Å². The smallest absolute Gasteiger partial charge is 0.237 e. The Hall–Kier alpha value is -2.67. The Kier molecular flexibility index (Phi) is 4.70. The van der Waals surface area contributed by atoms with Crippen LogP contribution in [0.3, 0.4) is 0 Å². The highest BCUT2D eigenvalue weighted by molar-refractivity contribution is 7.99. The van der Waals surface area contributed by atoms with Crippen LogP contribution in [0.5, 0.6) is 0 Å². The highest BCUT2D eigenvalue weighted by Crippen LogP contribution is 2.33. The monoisotopic (exact) mass is 379 g/mol. The van der Waals surface area contributed by atoms with Gasteiger partial charge in [0, 0.05) is 11.7 Å². The van der Waals surface area contributed by atoms with Gasteiger partial charge in [0.25, 0.3) is 0 Å². The molecule has 1 amide bonds. The van der Waals surface area contributed by atoms with Crippen LogP contribution in [0.15, 0.2) is 47.6 Å². The number of nitrogens with zero attached hydrogens (tertiary/aromatic N) is 5. The zero-order valence-electron chi connectivity index (χ0n) is 15.6. The van der Waals surface area contributed by atoms with Gasteiger partial charge in [-0.2, -0.15) is 4.68 Å². The molecular formula is C20H21N5OS. The number of hydrogen-bond donors (Lipinski definition) is 0. The maximum Gasteiger partial charge on any atom is 0.237 e. The Bertz CT molecular complexity index is 1000. The maximum absolute atomic E-state index is 12.9. The summed E-state index contributed by atoms with van der Waals surface area (Å²) in [6.45, 7) is 6.20. The van der Waals surface area contributed by atoms with Crippen molar-refractivity contribution in [2.75, 3.05) is 10.7 Å². The van der Waals surface area contributed by atoms with Crippen LogP contribution in [-0.4, -0.2) is 37.9 Å². The Morgan fingerprint density at radius 1 is 1.15 bits per heavy atom. The van der Waals surface area contributed by atoms with E-state index in [1.165, 1.54) is 22.9 Å². The topological polar surface area (TPSA) is 63.9 Å². The molecule has 0 bridgehead atoms. The number of aromatic nitrogens is 4. The van der Waals surface area contributed by atoms with Gasteiger partial charge in [0.05, 0.1) is 11.4 Å². The largest absolute Gasteiger partial charge is 0.308 e. The Labute approximate surface area is 162 Å². The third-order valence-corrected chi connectivity index (χ3v) is 5.95. The molecule has 4 rings (SSSR count). The number of carbonyl (C=O) groups is 1. The molecule has 6 nitrogen and oxygen atoms in total. The van der Waals surface area contributed by atoms with Gasteiger partial charge in [0.2, 0.25) is 11.1 Å². The summed E-state index contributed by atoms with van der Waals surface area (Å²) in [7, 11) is 0. The second-order valence-electron chi connectivity index (χ2n) is 6.83. The van der Waals surface area contributed by atoms with Gasteiger partial charge in [0.1, 0.15) is 0 Å². The maximum atomic E-state index is 12.9. The van der Waals surface area contributed by atoms with E-state index in [2.05, 4.69) is 48.4 Å². The van der Waals surface area contributed by atoms with E-state index in [9.17, 15) is 4.79 Å². The summed E-state index contributed by atoms with van der Waals surface area (Å²) in [5.41, 5.74) is 5.49. The third kappa shape index (κ3) is 3.23. The molecule has 0 unspecified atom stereocenters. The molecule has 3 aromatic rings. The second-order valence-corrected chi connectivity index (χ2v) is 7.77. The van der Waals surface area contributed by atoms with Crippen molar-refractivity contribution in [2.45, 2.75) is 38.4 Å². The van der Waals surface area contributed by atoms with Crippen molar-refractivity contribution in [2.24, 2.45) is 0 Å². The van der Waals surface area contributed by atoms with Crippen molar-refractivity contribution < 1.29 is 4.79 Å². The minimum atomic E-state index is 0.0768. The minimum absolute atomic E-state index is 0.0768. The van der Waals surface area contributed by atoms with Crippen LogP contribution in [0.25, 0.3) is 5.69 Å². The Morgan fingerprint density at radius 3 is 2.78 bits per heavy atom. The minimum Gasteiger partial charge on any atom is -0.308 e. The Balaban J connectivity index is 1.53. The highest BCUT2D eigenvalue weighted by Gasteiger charge is 2.30. The van der Waals surface area contributed by atoms with E-state index in [1.807, 2.05) is 35.2 Å². The van der Waals surface area contributed by atoms with Crippen molar-refractivity contribution in [1.29, 1.82) is 0 Å². The molecule has 1 aliphatic rings. The molecule has 0 fully saturated rings. The fourth-order valence-corrected chi connectivity index (χ4v) is 4.27. The van der Waals surface area contributed by atoms with Crippen LogP contribution in [0, 0.1) is 13.8 Å². The molecule has 1 aromatic heterocycles. The van der Waals surface area contributed by atoms with E-state index in [0.29, 0.717) is 10.9 Å². The third-order valence-electron chi connectivity index (χ3n) is 5.05. The molecule has 0 saturated carbocycles. The van der Waals surface area contributed by atoms with Gasteiger partial charge in [0.15, 0.2) is 0 Å². The lowest BCUT2D eigenvalue weighted by atomic mass is 10.1. The van der Waals surface area contributed by atoms with Gasteiger partial charge in [-0.05, 0) is 66.4 Å². The van der Waals surface area contributed by atoms with Gasteiger partial charge in [-0.15, -0.1) is 5.10 Å². The number of carbonyl (C=O) groups excluding carboxylic acids is 1. The van der Waals surface area contributed by atoms with Crippen LogP contribution in [0.2, 0.25) is 0 Å². The van der Waals surface area contributed by atoms with Crippen molar-refractivity contribution in [3.63, 3.8) is 0 Å². The number of benzene rings is 2. The van der Waals surface area contributed by atoms with Gasteiger partial charge in [-0.1, -0.05) is 42.1 Å². The summed E-state index contributed by atoms with van der Waals surface area (Å²) in [6.07, 6.45) is 0.896. The zero-order valence-corrected chi connectivity index (χ0v) is 16.4. The summed E-state index contributed by atoms with van der Waals surface area (Å²) in [4.78, 5) is 14.8. The molecule has 7 heteroatoms. The molecule has 0 spiro atoms. The van der Waals surface area contributed by atoms with Crippen molar-refractivity contribution in [3.8, 4) is 5.69 Å². The zero-order chi connectivity index (χ0) is 19.0. The number of tetrazole rings is 1. The van der Waals surface area contributed by atoms with Crippen LogP contribution < -0.4 is 4.90 Å². The fraction of sp³-hybridized carbons (Fsp3) is 0.300. The summed E-state index contributed by atoms with van der Waals surface area (Å²) in [6, 6.07) is 14.3. The van der Waals surface area contributed by atoms with Gasteiger partial charge < -0.3 is 4.90 Å². The van der Waals surface area contributed by atoms with E-state index in [4.69, 9.17) is 0 Å². The molecule has 0 N–H and O–H groups in total. The number of aryl methyl sites for hydroxylation is 1. The highest BCUT2D eigenvalue weighted by atomic mass is 32.2. The lowest BCUT2D eigenvalue weighted by molar-refractivity contribution is -0.116. The molecule has 1 aliphatic heterocycles. The summed E-state index contributed by atoms with van der Waals surface area (Å²) in [5.74, 6) is 0.372. The molecule has 2 aromatic carbocycles. The lowest BCUT2D eigenvalue weighted by Crippen LogP contribution is -2.37. The molecular weight excluding hydrogens is 358 g/mol. The molecule has 1 atom stereocenters. The predicted molar refractivity (Wildman–Crippen MR) is 106 cm³/mol. The SMILES string of the molecule is Cc1cccc(-n2nnnc2SCC(=O)N2c3ccccc3C[C@@H]2C)c1C. The molecule has 27 heavy (non-hydrogen) atoms. The van der Waals surface area contributed by atoms with E-state index >= 15 is 0 Å².